The molecule has 2 aromatic rings. The number of nitrogens with one attached hydrogen (secondary N) is 1. The molecule has 1 amide bonds. The van der Waals surface area contributed by atoms with Crippen molar-refractivity contribution in [3.05, 3.63) is 30.0 Å². The minimum atomic E-state index is 0.0911. The molecule has 3 rings (SSSR count). The molecule has 1 aliphatic carbocycles. The number of benzene rings is 1. The van der Waals surface area contributed by atoms with Crippen LogP contribution in [0.25, 0.3) is 10.9 Å². The van der Waals surface area contributed by atoms with E-state index in [9.17, 15) is 4.79 Å². The molecule has 1 N–H and O–H groups in total. The third-order valence-electron chi connectivity index (χ3n) is 3.26. The lowest BCUT2D eigenvalue weighted by Crippen LogP contribution is -2.28. The summed E-state index contributed by atoms with van der Waals surface area (Å²) >= 11 is 0. The van der Waals surface area contributed by atoms with Crippen molar-refractivity contribution in [3.63, 3.8) is 0 Å². The van der Waals surface area contributed by atoms with Gasteiger partial charge in [0.1, 0.15) is 0 Å². The van der Waals surface area contributed by atoms with Crippen LogP contribution in [0.3, 0.4) is 0 Å². The number of rotatable bonds is 3. The summed E-state index contributed by atoms with van der Waals surface area (Å²) in [5.41, 5.74) is 1.64. The fourth-order valence-electron chi connectivity index (χ4n) is 2.06. The monoisotopic (exact) mass is 229 g/mol. The van der Waals surface area contributed by atoms with Gasteiger partial charge in [0.2, 0.25) is 0 Å². The van der Waals surface area contributed by atoms with Crippen molar-refractivity contribution < 1.29 is 4.79 Å². The van der Waals surface area contributed by atoms with Gasteiger partial charge in [-0.2, -0.15) is 5.10 Å². The van der Waals surface area contributed by atoms with E-state index in [1.54, 1.807) is 6.20 Å². The Morgan fingerprint density at radius 3 is 3.12 bits per heavy atom. The highest BCUT2D eigenvalue weighted by atomic mass is 16.2. The molecule has 1 saturated carbocycles. The van der Waals surface area contributed by atoms with Crippen LogP contribution < -0.4 is 0 Å². The van der Waals surface area contributed by atoms with E-state index in [1.807, 2.05) is 30.1 Å². The molecule has 1 heterocycles. The zero-order valence-corrected chi connectivity index (χ0v) is 9.81. The Morgan fingerprint density at radius 1 is 1.53 bits per heavy atom. The van der Waals surface area contributed by atoms with E-state index in [0.717, 1.165) is 28.9 Å². The van der Waals surface area contributed by atoms with Crippen molar-refractivity contribution in [3.8, 4) is 0 Å². The zero-order valence-electron chi connectivity index (χ0n) is 9.81. The molecule has 0 atom stereocenters. The Balaban J connectivity index is 1.83. The highest BCUT2D eigenvalue weighted by Crippen LogP contribution is 2.29. The van der Waals surface area contributed by atoms with E-state index in [1.165, 1.54) is 12.8 Å². The molecule has 0 bridgehead atoms. The SMILES string of the molecule is CN(CC1CC1)C(=O)c1ccc2cn[nH]c2c1. The van der Waals surface area contributed by atoms with Gasteiger partial charge in [-0.05, 0) is 30.9 Å². The van der Waals surface area contributed by atoms with Crippen molar-refractivity contribution in [2.75, 3.05) is 13.6 Å². The molecule has 0 spiro atoms. The maximum atomic E-state index is 12.2. The lowest BCUT2D eigenvalue weighted by Gasteiger charge is -2.16. The first-order chi connectivity index (χ1) is 8.24. The second-order valence-corrected chi connectivity index (χ2v) is 4.80. The molecule has 0 unspecified atom stereocenters. The molecule has 4 heteroatoms. The molecule has 88 valence electrons. The van der Waals surface area contributed by atoms with Gasteiger partial charge in [0, 0.05) is 24.5 Å². The summed E-state index contributed by atoms with van der Waals surface area (Å²) in [5, 5.41) is 7.87. The Morgan fingerprint density at radius 2 is 2.35 bits per heavy atom. The van der Waals surface area contributed by atoms with Crippen LogP contribution in [-0.4, -0.2) is 34.6 Å². The summed E-state index contributed by atoms with van der Waals surface area (Å²) in [6.45, 7) is 0.875. The predicted molar refractivity (Wildman–Crippen MR) is 65.8 cm³/mol. The molecule has 0 saturated heterocycles. The third kappa shape index (κ3) is 2.02. The number of hydrogen-bond acceptors (Lipinski definition) is 2. The first-order valence-electron chi connectivity index (χ1n) is 5.92. The number of nitrogens with zero attached hydrogens (tertiary/aromatic N) is 2. The Hall–Kier alpha value is -1.84. The van der Waals surface area contributed by atoms with Gasteiger partial charge in [0.25, 0.3) is 5.91 Å². The summed E-state index contributed by atoms with van der Waals surface area (Å²) < 4.78 is 0. The number of aromatic amines is 1. The van der Waals surface area contributed by atoms with Crippen LogP contribution in [0.15, 0.2) is 24.4 Å². The Kier molecular flexibility index (Phi) is 2.35. The van der Waals surface area contributed by atoms with Crippen LogP contribution in [0.2, 0.25) is 0 Å². The first kappa shape index (κ1) is 10.3. The average Bonchev–Trinajstić information content (AvgIpc) is 3.02. The fourth-order valence-corrected chi connectivity index (χ4v) is 2.06. The van der Waals surface area contributed by atoms with Gasteiger partial charge in [0.05, 0.1) is 11.7 Å². The van der Waals surface area contributed by atoms with Gasteiger partial charge >= 0.3 is 0 Å². The maximum absolute atomic E-state index is 12.2. The molecule has 1 aromatic carbocycles. The zero-order chi connectivity index (χ0) is 11.8. The van der Waals surface area contributed by atoms with Crippen molar-refractivity contribution in [2.24, 2.45) is 5.92 Å². The van der Waals surface area contributed by atoms with Crippen LogP contribution in [0, 0.1) is 5.92 Å². The Bertz CT molecular complexity index is 557. The number of carbonyl (C=O) groups is 1. The van der Waals surface area contributed by atoms with E-state index in [-0.39, 0.29) is 5.91 Å². The van der Waals surface area contributed by atoms with E-state index < -0.39 is 0 Å². The standard InChI is InChI=1S/C13H15N3O/c1-16(8-9-2-3-9)13(17)10-4-5-11-7-14-15-12(11)6-10/h4-7,9H,2-3,8H2,1H3,(H,14,15). The van der Waals surface area contributed by atoms with Crippen LogP contribution in [0.4, 0.5) is 0 Å². The lowest BCUT2D eigenvalue weighted by atomic mass is 10.1. The molecule has 0 radical (unpaired) electrons. The number of carbonyl (C=O) groups excluding carboxylic acids is 1. The van der Waals surface area contributed by atoms with Crippen LogP contribution >= 0.6 is 0 Å². The first-order valence-corrected chi connectivity index (χ1v) is 5.92. The van der Waals surface area contributed by atoms with Gasteiger partial charge in [-0.3, -0.25) is 9.89 Å². The summed E-state index contributed by atoms with van der Waals surface area (Å²) in [4.78, 5) is 14.0. The molecule has 1 aliphatic rings. The molecule has 1 fully saturated rings. The topological polar surface area (TPSA) is 49.0 Å². The van der Waals surface area contributed by atoms with Crippen molar-refractivity contribution in [1.82, 2.24) is 15.1 Å². The number of H-pyrrole nitrogens is 1. The van der Waals surface area contributed by atoms with Gasteiger partial charge in [-0.25, -0.2) is 0 Å². The summed E-state index contributed by atoms with van der Waals surface area (Å²) in [7, 11) is 1.87. The maximum Gasteiger partial charge on any atom is 0.253 e. The molecular weight excluding hydrogens is 214 g/mol. The van der Waals surface area contributed by atoms with Gasteiger partial charge in [-0.15, -0.1) is 0 Å². The van der Waals surface area contributed by atoms with Gasteiger partial charge in [0.15, 0.2) is 0 Å². The molecule has 4 nitrogen and oxygen atoms in total. The highest BCUT2D eigenvalue weighted by Gasteiger charge is 2.25. The van der Waals surface area contributed by atoms with E-state index >= 15 is 0 Å². The summed E-state index contributed by atoms with van der Waals surface area (Å²) in [5.74, 6) is 0.813. The quantitative estimate of drug-likeness (QED) is 0.875. The van der Waals surface area contributed by atoms with Gasteiger partial charge < -0.3 is 4.90 Å². The summed E-state index contributed by atoms with van der Waals surface area (Å²) in [6, 6.07) is 5.66. The number of fused-ring (bicyclic) bond motifs is 1. The van der Waals surface area contributed by atoms with Crippen molar-refractivity contribution >= 4 is 16.8 Å². The fraction of sp³-hybridized carbons (Fsp3) is 0.385. The smallest absolute Gasteiger partial charge is 0.253 e. The molecular formula is C13H15N3O. The third-order valence-corrected chi connectivity index (χ3v) is 3.26. The number of aromatic nitrogens is 2. The van der Waals surface area contributed by atoms with E-state index in [4.69, 9.17) is 0 Å². The van der Waals surface area contributed by atoms with E-state index in [0.29, 0.717) is 0 Å². The van der Waals surface area contributed by atoms with Crippen molar-refractivity contribution in [1.29, 1.82) is 0 Å². The van der Waals surface area contributed by atoms with Crippen LogP contribution in [-0.2, 0) is 0 Å². The normalized spacial score (nSPS) is 15.1. The van der Waals surface area contributed by atoms with Crippen LogP contribution in [0.5, 0.6) is 0 Å². The molecule has 0 aliphatic heterocycles. The van der Waals surface area contributed by atoms with Crippen molar-refractivity contribution in [2.45, 2.75) is 12.8 Å². The highest BCUT2D eigenvalue weighted by molar-refractivity contribution is 5.97. The number of amides is 1. The second-order valence-electron chi connectivity index (χ2n) is 4.80. The second kappa shape index (κ2) is 3.87. The van der Waals surface area contributed by atoms with Crippen LogP contribution in [0.1, 0.15) is 23.2 Å². The van der Waals surface area contributed by atoms with E-state index in [2.05, 4.69) is 10.2 Å². The largest absolute Gasteiger partial charge is 0.341 e. The molecule has 17 heavy (non-hydrogen) atoms. The molecule has 1 aromatic heterocycles. The Labute approximate surface area is 99.6 Å². The lowest BCUT2D eigenvalue weighted by molar-refractivity contribution is 0.0789. The predicted octanol–water partition coefficient (Wildman–Crippen LogP) is 2.04. The minimum Gasteiger partial charge on any atom is -0.341 e. The van der Waals surface area contributed by atoms with Gasteiger partial charge in [-0.1, -0.05) is 6.07 Å². The summed E-state index contributed by atoms with van der Waals surface area (Å²) in [6.07, 6.45) is 4.28. The average molecular weight is 229 g/mol. The number of hydrogen-bond donors (Lipinski definition) is 1. The minimum absolute atomic E-state index is 0.0911.